The number of likely N-dealkylation sites (tertiary alicyclic amines) is 1. The van der Waals surface area contributed by atoms with Crippen LogP contribution in [-0.4, -0.2) is 57.2 Å². The van der Waals surface area contributed by atoms with Crippen LogP contribution in [0.5, 0.6) is 0 Å². The summed E-state index contributed by atoms with van der Waals surface area (Å²) in [5.41, 5.74) is 1.33. The number of nitrogens with zero attached hydrogens (tertiary/aromatic N) is 4. The summed E-state index contributed by atoms with van der Waals surface area (Å²) in [7, 11) is 0. The highest BCUT2D eigenvalue weighted by Crippen LogP contribution is 2.47. The molecule has 4 fully saturated rings. The van der Waals surface area contributed by atoms with Gasteiger partial charge in [0.25, 0.3) is 0 Å². The van der Waals surface area contributed by atoms with Crippen LogP contribution in [-0.2, 0) is 11.3 Å². The Morgan fingerprint density at radius 2 is 1.96 bits per heavy atom. The third-order valence-electron chi connectivity index (χ3n) is 6.91. The number of hydrogen-bond donors (Lipinski definition) is 0. The number of halogens is 2. The van der Waals surface area contributed by atoms with Gasteiger partial charge in [0.1, 0.15) is 6.54 Å². The standard InChI is InChI=1S/C21H24F2N4O/c1-13-5-8-24-27(13)12-18(28)26-11-16(15-3-2-4-17(22)19(15)23)21-20(26)14-6-9-25(21)10-7-14/h2-5,8,14,16,20-21H,6-7,9-12H2,1H3/t16-,20-,21-/m1/s1. The Balaban J connectivity index is 1.49. The van der Waals surface area contributed by atoms with E-state index in [0.717, 1.165) is 37.7 Å². The molecular formula is C21H24F2N4O. The molecule has 0 unspecified atom stereocenters. The van der Waals surface area contributed by atoms with Crippen molar-refractivity contribution in [2.45, 2.75) is 44.3 Å². The molecule has 28 heavy (non-hydrogen) atoms. The Labute approximate surface area is 162 Å². The molecule has 5 nitrogen and oxygen atoms in total. The van der Waals surface area contributed by atoms with E-state index < -0.39 is 11.6 Å². The number of benzene rings is 1. The highest BCUT2D eigenvalue weighted by atomic mass is 19.2. The van der Waals surface area contributed by atoms with E-state index in [0.29, 0.717) is 18.0 Å². The van der Waals surface area contributed by atoms with Gasteiger partial charge in [-0.2, -0.15) is 5.10 Å². The van der Waals surface area contributed by atoms with Crippen molar-refractivity contribution < 1.29 is 13.6 Å². The maximum Gasteiger partial charge on any atom is 0.244 e. The summed E-state index contributed by atoms with van der Waals surface area (Å²) < 4.78 is 30.2. The summed E-state index contributed by atoms with van der Waals surface area (Å²) in [6.45, 7) is 4.49. The predicted molar refractivity (Wildman–Crippen MR) is 99.6 cm³/mol. The van der Waals surface area contributed by atoms with Gasteiger partial charge in [-0.05, 0) is 56.5 Å². The first kappa shape index (κ1) is 17.8. The smallest absolute Gasteiger partial charge is 0.244 e. The summed E-state index contributed by atoms with van der Waals surface area (Å²) in [4.78, 5) is 17.5. The minimum absolute atomic E-state index is 0.00913. The van der Waals surface area contributed by atoms with Gasteiger partial charge in [-0.25, -0.2) is 8.78 Å². The van der Waals surface area contributed by atoms with Crippen molar-refractivity contribution in [2.24, 2.45) is 5.92 Å². The van der Waals surface area contributed by atoms with Crippen molar-refractivity contribution >= 4 is 5.91 Å². The van der Waals surface area contributed by atoms with Gasteiger partial charge in [-0.15, -0.1) is 0 Å². The van der Waals surface area contributed by atoms with Crippen LogP contribution < -0.4 is 0 Å². The van der Waals surface area contributed by atoms with Gasteiger partial charge in [0.15, 0.2) is 11.6 Å². The lowest BCUT2D eigenvalue weighted by atomic mass is 9.75. The van der Waals surface area contributed by atoms with Crippen LogP contribution in [0.3, 0.4) is 0 Å². The zero-order chi connectivity index (χ0) is 19.4. The summed E-state index contributed by atoms with van der Waals surface area (Å²) in [6, 6.07) is 6.40. The van der Waals surface area contributed by atoms with E-state index in [-0.39, 0.29) is 30.5 Å². The second kappa shape index (κ2) is 6.65. The molecule has 7 heteroatoms. The molecule has 4 saturated heterocycles. The van der Waals surface area contributed by atoms with Crippen LogP contribution in [0.4, 0.5) is 8.78 Å². The van der Waals surface area contributed by atoms with Gasteiger partial charge >= 0.3 is 0 Å². The van der Waals surface area contributed by atoms with Crippen LogP contribution in [0, 0.1) is 24.5 Å². The van der Waals surface area contributed by atoms with Crippen LogP contribution in [0.25, 0.3) is 0 Å². The van der Waals surface area contributed by atoms with Crippen molar-refractivity contribution in [1.82, 2.24) is 19.6 Å². The number of hydrogen-bond acceptors (Lipinski definition) is 3. The quantitative estimate of drug-likeness (QED) is 0.814. The number of carbonyl (C=O) groups is 1. The van der Waals surface area contributed by atoms with Gasteiger partial charge in [0.05, 0.1) is 6.04 Å². The third-order valence-corrected chi connectivity index (χ3v) is 6.91. The van der Waals surface area contributed by atoms with Gasteiger partial charge < -0.3 is 4.90 Å². The molecule has 2 bridgehead atoms. The minimum atomic E-state index is -0.818. The number of aryl methyl sites for hydroxylation is 1. The number of amides is 1. The normalized spacial score (nSPS) is 31.2. The number of carbonyl (C=O) groups excluding carboxylic acids is 1. The van der Waals surface area contributed by atoms with Gasteiger partial charge in [0.2, 0.25) is 5.91 Å². The maximum absolute atomic E-state index is 14.6. The van der Waals surface area contributed by atoms with E-state index >= 15 is 0 Å². The fraction of sp³-hybridized carbons (Fsp3) is 0.524. The first-order chi connectivity index (χ1) is 13.5. The Kier molecular flexibility index (Phi) is 4.23. The number of piperidine rings is 3. The molecule has 148 valence electrons. The molecule has 0 radical (unpaired) electrons. The molecule has 5 heterocycles. The number of rotatable bonds is 3. The van der Waals surface area contributed by atoms with E-state index in [2.05, 4.69) is 10.00 Å². The van der Waals surface area contributed by atoms with Crippen LogP contribution >= 0.6 is 0 Å². The second-order valence-electron chi connectivity index (χ2n) is 8.28. The van der Waals surface area contributed by atoms with Crippen LogP contribution in [0.15, 0.2) is 30.5 Å². The first-order valence-electron chi connectivity index (χ1n) is 10.0. The first-order valence-corrected chi connectivity index (χ1v) is 10.0. The van der Waals surface area contributed by atoms with Crippen molar-refractivity contribution in [3.05, 3.63) is 53.4 Å². The van der Waals surface area contributed by atoms with Crippen LogP contribution in [0.2, 0.25) is 0 Å². The SMILES string of the molecule is Cc1ccnn1CC(=O)N1C[C@H](c2cccc(F)c2F)[C@@H]2[C@H]1C1CCN2CC1. The van der Waals surface area contributed by atoms with Crippen molar-refractivity contribution in [2.75, 3.05) is 19.6 Å². The summed E-state index contributed by atoms with van der Waals surface area (Å²) in [5, 5.41) is 4.23. The monoisotopic (exact) mass is 386 g/mol. The zero-order valence-electron chi connectivity index (χ0n) is 15.9. The third kappa shape index (κ3) is 2.67. The molecule has 6 rings (SSSR count). The molecule has 1 aromatic carbocycles. The highest BCUT2D eigenvalue weighted by molar-refractivity contribution is 5.77. The summed E-state index contributed by atoms with van der Waals surface area (Å²) >= 11 is 0. The molecular weight excluding hydrogens is 362 g/mol. The predicted octanol–water partition coefficient (Wildman–Crippen LogP) is 2.56. The average Bonchev–Trinajstić information content (AvgIpc) is 3.30. The molecule has 2 aromatic rings. The van der Waals surface area contributed by atoms with Gasteiger partial charge in [0, 0.05) is 30.4 Å². The average molecular weight is 386 g/mol. The molecule has 0 saturated carbocycles. The lowest BCUT2D eigenvalue weighted by molar-refractivity contribution is -0.136. The maximum atomic E-state index is 14.6. The fourth-order valence-corrected chi connectivity index (χ4v) is 5.57. The van der Waals surface area contributed by atoms with Gasteiger partial charge in [-0.1, -0.05) is 12.1 Å². The van der Waals surface area contributed by atoms with E-state index in [4.69, 9.17) is 0 Å². The lowest BCUT2D eigenvalue weighted by Gasteiger charge is -2.51. The Morgan fingerprint density at radius 1 is 1.18 bits per heavy atom. The molecule has 0 spiro atoms. The lowest BCUT2D eigenvalue weighted by Crippen LogP contribution is -2.61. The number of aromatic nitrogens is 2. The summed E-state index contributed by atoms with van der Waals surface area (Å²) in [5.74, 6) is -1.35. The minimum Gasteiger partial charge on any atom is -0.336 e. The van der Waals surface area contributed by atoms with Crippen molar-refractivity contribution in [3.8, 4) is 0 Å². The van der Waals surface area contributed by atoms with E-state index in [1.807, 2.05) is 17.9 Å². The van der Waals surface area contributed by atoms with Gasteiger partial charge in [-0.3, -0.25) is 14.4 Å². The zero-order valence-corrected chi connectivity index (χ0v) is 15.9. The van der Waals surface area contributed by atoms with E-state index in [1.54, 1.807) is 23.0 Å². The van der Waals surface area contributed by atoms with E-state index in [1.165, 1.54) is 0 Å². The molecule has 1 amide bonds. The van der Waals surface area contributed by atoms with Crippen molar-refractivity contribution in [1.29, 1.82) is 0 Å². The summed E-state index contributed by atoms with van der Waals surface area (Å²) in [6.07, 6.45) is 3.81. The molecule has 3 atom stereocenters. The van der Waals surface area contributed by atoms with Crippen molar-refractivity contribution in [3.63, 3.8) is 0 Å². The molecule has 0 aliphatic carbocycles. The Morgan fingerprint density at radius 3 is 2.68 bits per heavy atom. The Hall–Kier alpha value is -2.28. The second-order valence-corrected chi connectivity index (χ2v) is 8.28. The van der Waals surface area contributed by atoms with E-state index in [9.17, 15) is 13.6 Å². The Bertz CT molecular complexity index is 906. The van der Waals surface area contributed by atoms with Crippen LogP contribution in [0.1, 0.15) is 30.0 Å². The highest BCUT2D eigenvalue weighted by Gasteiger charge is 2.55. The topological polar surface area (TPSA) is 41.4 Å². The largest absolute Gasteiger partial charge is 0.336 e. The number of fused-ring (bicyclic) bond motifs is 2. The molecule has 4 aliphatic rings. The fourth-order valence-electron chi connectivity index (χ4n) is 5.57. The molecule has 1 aromatic heterocycles. The molecule has 0 N–H and O–H groups in total. The molecule has 4 aliphatic heterocycles.